The van der Waals surface area contributed by atoms with Crippen molar-refractivity contribution in [1.82, 2.24) is 0 Å². The Kier molecular flexibility index (Phi) is 20.9. The van der Waals surface area contributed by atoms with Crippen LogP contribution in [0, 0.1) is 52.1 Å². The van der Waals surface area contributed by atoms with Gasteiger partial charge >= 0.3 is 0 Å². The minimum atomic E-state index is -0.209. The summed E-state index contributed by atoms with van der Waals surface area (Å²) in [7, 11) is 8.26. The van der Waals surface area contributed by atoms with E-state index in [-0.39, 0.29) is 17.5 Å². The van der Waals surface area contributed by atoms with Crippen molar-refractivity contribution in [3.05, 3.63) is 312 Å². The molecule has 0 saturated heterocycles. The zero-order valence-corrected chi connectivity index (χ0v) is 54.3. The predicted molar refractivity (Wildman–Crippen MR) is 368 cm³/mol. The number of hydrogen-bond donors (Lipinski definition) is 0. The number of pyridine rings is 4. The van der Waals surface area contributed by atoms with Crippen molar-refractivity contribution in [2.75, 3.05) is 0 Å². The third-order valence-corrected chi connectivity index (χ3v) is 17.8. The monoisotopic (exact) mass is 1200 g/mol. The van der Waals surface area contributed by atoms with Crippen LogP contribution in [0.1, 0.15) is 77.5 Å². The van der Waals surface area contributed by atoms with Crippen molar-refractivity contribution in [1.29, 1.82) is 0 Å². The molecule has 0 aliphatic heterocycles. The van der Waals surface area contributed by atoms with Gasteiger partial charge in [0.2, 0.25) is 22.8 Å². The summed E-state index contributed by atoms with van der Waals surface area (Å²) in [5.41, 5.74) is 26.7. The lowest BCUT2D eigenvalue weighted by Crippen LogP contribution is -2.30. The lowest BCUT2D eigenvalue weighted by molar-refractivity contribution is -0.660. The molecule has 0 N–H and O–H groups in total. The Labute approximate surface area is 537 Å². The molecule has 12 aromatic rings. The molecule has 4 aromatic heterocycles. The lowest BCUT2D eigenvalue weighted by Gasteiger charge is -2.12. The predicted octanol–water partition coefficient (Wildman–Crippen LogP) is 19.6. The van der Waals surface area contributed by atoms with E-state index in [1.807, 2.05) is 88.9 Å². The summed E-state index contributed by atoms with van der Waals surface area (Å²) in [6, 6.07) is 77.3. The lowest BCUT2D eigenvalue weighted by atomic mass is 9.93. The standard InChI is InChI=1S/C24H26N.C21H21FN.C20H19FN.C19H17FN/c1-18-8-3-6-13-23(18)24-17-22(14-15-25(24)2)21-12-7-11-20(16-21)19-9-4-5-10-19;1-4-16-13-17(9-10-20(16)22)18-11-12-23(3)21(14-18)19-8-6-5-7-15(19)2;1-14-6-4-5-7-18(14)20-13-17(10-11-22(20)3)16-8-9-19(21)15(2)12-16;1-14-5-3-4-6-18(14)19-13-16(11-12-21(19)2)15-7-9-17(20)10-8-15/h3,6-8,11-17,19H,4-5,9-10H2,1-2H3;5-14H,4H2,1-3H3;4-13H,1-3H3;3-13H,1-2H3/q4*+1. The van der Waals surface area contributed by atoms with E-state index in [0.717, 1.165) is 61.9 Å². The average molecular weight is 1210 g/mol. The van der Waals surface area contributed by atoms with E-state index in [2.05, 4.69) is 223 Å². The fourth-order valence-electron chi connectivity index (χ4n) is 12.2. The van der Waals surface area contributed by atoms with Gasteiger partial charge in [0.15, 0.2) is 24.8 Å². The van der Waals surface area contributed by atoms with E-state index < -0.39 is 0 Å². The van der Waals surface area contributed by atoms with E-state index in [0.29, 0.717) is 12.0 Å². The molecule has 0 bridgehead atoms. The SMILES string of the molecule is CCc1cc(-c2cc[n+](C)c(-c3ccccc3C)c2)ccc1F.Cc1cc(-c2cc[n+](C)c(-c3ccccc3C)c2)ccc1F.Cc1ccccc1-c1cc(-c2ccc(F)cc2)cc[n+]1C.Cc1ccccc1-c1cc(-c2cccc(C3CCCC3)c2)cc[n+]1C. The van der Waals surface area contributed by atoms with Gasteiger partial charge in [0.05, 0.1) is 0 Å². The first-order valence-corrected chi connectivity index (χ1v) is 31.7. The fraction of sp³-hybridized carbons (Fsp3) is 0.190. The third kappa shape index (κ3) is 15.6. The summed E-state index contributed by atoms with van der Waals surface area (Å²) in [6.07, 6.45) is 14.5. The molecule has 456 valence electrons. The van der Waals surface area contributed by atoms with Crippen LogP contribution < -0.4 is 18.3 Å². The van der Waals surface area contributed by atoms with Gasteiger partial charge in [-0.15, -0.1) is 0 Å². The fourth-order valence-corrected chi connectivity index (χ4v) is 12.2. The van der Waals surface area contributed by atoms with Gasteiger partial charge in [-0.1, -0.05) is 141 Å². The van der Waals surface area contributed by atoms with Crippen molar-refractivity contribution in [3.63, 3.8) is 0 Å². The van der Waals surface area contributed by atoms with Crippen LogP contribution in [0.2, 0.25) is 0 Å². The van der Waals surface area contributed by atoms with Crippen molar-refractivity contribution >= 4 is 0 Å². The zero-order chi connectivity index (χ0) is 64.1. The van der Waals surface area contributed by atoms with Crippen LogP contribution >= 0.6 is 0 Å². The Balaban J connectivity index is 0.000000133. The molecule has 1 fully saturated rings. The Bertz CT molecular complexity index is 4500. The molecule has 0 unspecified atom stereocenters. The molecule has 1 saturated carbocycles. The number of hydrogen-bond acceptors (Lipinski definition) is 0. The van der Waals surface area contributed by atoms with Gasteiger partial charge in [-0.05, 0) is 204 Å². The molecule has 0 amide bonds. The quantitative estimate of drug-likeness (QED) is 0.121. The number of aryl methyl sites for hydroxylation is 10. The Morgan fingerprint density at radius 3 is 1.04 bits per heavy atom. The van der Waals surface area contributed by atoms with Gasteiger partial charge in [-0.2, -0.15) is 0 Å². The molecule has 1 aliphatic carbocycles. The number of aromatic nitrogens is 4. The highest BCUT2D eigenvalue weighted by molar-refractivity contribution is 5.74. The second-order valence-electron chi connectivity index (χ2n) is 24.1. The van der Waals surface area contributed by atoms with Crippen LogP contribution in [0.25, 0.3) is 89.5 Å². The van der Waals surface area contributed by atoms with Crippen LogP contribution in [0.5, 0.6) is 0 Å². The normalized spacial score (nSPS) is 11.8. The number of benzene rings is 8. The molecule has 4 nitrogen and oxygen atoms in total. The molecular weight excluding hydrogens is 1120 g/mol. The van der Waals surface area contributed by atoms with E-state index in [1.165, 1.54) is 111 Å². The van der Waals surface area contributed by atoms with Crippen molar-refractivity contribution in [2.45, 2.75) is 79.6 Å². The first kappa shape index (κ1) is 64.1. The molecule has 0 atom stereocenters. The zero-order valence-electron chi connectivity index (χ0n) is 54.3. The second kappa shape index (κ2) is 29.6. The van der Waals surface area contributed by atoms with Crippen LogP contribution in [0.4, 0.5) is 13.2 Å². The minimum Gasteiger partial charge on any atom is -0.207 e. The van der Waals surface area contributed by atoms with E-state index in [1.54, 1.807) is 13.0 Å². The molecule has 13 rings (SSSR count). The minimum absolute atomic E-state index is 0.128. The number of nitrogens with zero attached hydrogens (tertiary/aromatic N) is 4. The summed E-state index contributed by atoms with van der Waals surface area (Å²) in [4.78, 5) is 0. The van der Waals surface area contributed by atoms with E-state index in [9.17, 15) is 13.2 Å². The van der Waals surface area contributed by atoms with Crippen LogP contribution in [0.15, 0.2) is 255 Å². The van der Waals surface area contributed by atoms with Gasteiger partial charge in [0.1, 0.15) is 45.6 Å². The molecule has 8 aromatic carbocycles. The molecule has 4 heterocycles. The summed E-state index contributed by atoms with van der Waals surface area (Å²) in [6.45, 7) is 12.3. The maximum Gasteiger partial charge on any atom is 0.213 e. The Hall–Kier alpha value is -9.85. The van der Waals surface area contributed by atoms with E-state index in [4.69, 9.17) is 0 Å². The first-order chi connectivity index (χ1) is 44.0. The molecule has 1 aliphatic rings. The molecule has 0 radical (unpaired) electrons. The van der Waals surface area contributed by atoms with Crippen LogP contribution in [0.3, 0.4) is 0 Å². The largest absolute Gasteiger partial charge is 0.213 e. The number of halogens is 3. The van der Waals surface area contributed by atoms with Gasteiger partial charge in [0.25, 0.3) is 0 Å². The van der Waals surface area contributed by atoms with Crippen LogP contribution in [-0.4, -0.2) is 0 Å². The molecule has 91 heavy (non-hydrogen) atoms. The highest BCUT2D eigenvalue weighted by Gasteiger charge is 2.21. The number of rotatable bonds is 10. The maximum atomic E-state index is 13.7. The Morgan fingerprint density at radius 1 is 0.319 bits per heavy atom. The van der Waals surface area contributed by atoms with Gasteiger partial charge in [0, 0.05) is 70.8 Å². The summed E-state index contributed by atoms with van der Waals surface area (Å²) >= 11 is 0. The summed E-state index contributed by atoms with van der Waals surface area (Å²) < 4.78 is 48.8. The van der Waals surface area contributed by atoms with Gasteiger partial charge in [-0.25, -0.2) is 31.4 Å². The summed E-state index contributed by atoms with van der Waals surface area (Å²) in [5, 5.41) is 0. The average Bonchev–Trinajstić information content (AvgIpc) is 3.55. The molecular formula is C84H83F3N4+4. The summed E-state index contributed by atoms with van der Waals surface area (Å²) in [5.74, 6) is 0.260. The van der Waals surface area contributed by atoms with Gasteiger partial charge in [-0.3, -0.25) is 0 Å². The second-order valence-corrected chi connectivity index (χ2v) is 24.1. The van der Waals surface area contributed by atoms with E-state index >= 15 is 0 Å². The highest BCUT2D eigenvalue weighted by Crippen LogP contribution is 2.37. The molecule has 0 spiro atoms. The first-order valence-electron chi connectivity index (χ1n) is 31.7. The smallest absolute Gasteiger partial charge is 0.207 e. The van der Waals surface area contributed by atoms with Crippen molar-refractivity contribution < 1.29 is 31.4 Å². The van der Waals surface area contributed by atoms with Gasteiger partial charge < -0.3 is 0 Å². The topological polar surface area (TPSA) is 15.5 Å². The third-order valence-electron chi connectivity index (χ3n) is 17.8. The van der Waals surface area contributed by atoms with Crippen molar-refractivity contribution in [2.24, 2.45) is 28.2 Å². The Morgan fingerprint density at radius 2 is 0.659 bits per heavy atom. The van der Waals surface area contributed by atoms with Crippen LogP contribution in [-0.2, 0) is 34.6 Å². The maximum absolute atomic E-state index is 13.7. The molecule has 7 heteroatoms. The van der Waals surface area contributed by atoms with Crippen molar-refractivity contribution in [3.8, 4) is 89.5 Å². The highest BCUT2D eigenvalue weighted by atomic mass is 19.1.